The Kier molecular flexibility index (Phi) is 6.57. The van der Waals surface area contributed by atoms with Gasteiger partial charge in [-0.25, -0.2) is 0 Å². The number of anilines is 1. The van der Waals surface area contributed by atoms with Gasteiger partial charge in [-0.05, 0) is 43.7 Å². The monoisotopic (exact) mass is 500 g/mol. The van der Waals surface area contributed by atoms with E-state index in [1.807, 2.05) is 12.1 Å². The predicted molar refractivity (Wildman–Crippen MR) is 126 cm³/mol. The number of methoxy groups -OCH3 is 2. The van der Waals surface area contributed by atoms with Crippen molar-refractivity contribution < 1.29 is 32.0 Å². The van der Waals surface area contributed by atoms with Crippen molar-refractivity contribution in [2.24, 2.45) is 0 Å². The number of halogens is 3. The summed E-state index contributed by atoms with van der Waals surface area (Å²) in [7, 11) is 3.11. The summed E-state index contributed by atoms with van der Waals surface area (Å²) in [6.07, 6.45) is -1.35. The summed E-state index contributed by atoms with van der Waals surface area (Å²) in [6.45, 7) is 1.98. The molecule has 0 saturated carbocycles. The fourth-order valence-electron chi connectivity index (χ4n) is 3.50. The summed E-state index contributed by atoms with van der Waals surface area (Å²) >= 11 is 0. The molecule has 8 nitrogen and oxygen atoms in total. The molecule has 1 aromatic carbocycles. The second-order valence-corrected chi connectivity index (χ2v) is 8.57. The van der Waals surface area contributed by atoms with E-state index in [1.165, 1.54) is 0 Å². The van der Waals surface area contributed by atoms with E-state index in [-0.39, 0.29) is 18.0 Å². The number of pyridine rings is 2. The van der Waals surface area contributed by atoms with Crippen LogP contribution in [0.5, 0.6) is 11.5 Å². The zero-order chi connectivity index (χ0) is 26.1. The molecular weight excluding hydrogens is 477 g/mol. The molecule has 36 heavy (non-hydrogen) atoms. The summed E-state index contributed by atoms with van der Waals surface area (Å²) in [5.41, 5.74) is 0.143. The summed E-state index contributed by atoms with van der Waals surface area (Å²) < 4.78 is 55.2. The van der Waals surface area contributed by atoms with Gasteiger partial charge in [-0.15, -0.1) is 0 Å². The standard InChI is InChI=1S/C25H23F3N4O4/c1-24(2,25(26,27)28)19-11-21(36-32-19)31-20(33)9-14-5-7-17(29-12-14)16-10-15-6-8-18(34-3)23(35-4)22(15)30-13-16/h5-8,10-13H,9H2,1-4H3,(H,31,33). The van der Waals surface area contributed by atoms with E-state index in [9.17, 15) is 18.0 Å². The van der Waals surface area contributed by atoms with Crippen LogP contribution in [0.3, 0.4) is 0 Å². The summed E-state index contributed by atoms with van der Waals surface area (Å²) in [5.74, 6) is 0.477. The number of carbonyl (C=O) groups is 1. The highest BCUT2D eigenvalue weighted by Gasteiger charge is 2.50. The van der Waals surface area contributed by atoms with Crippen LogP contribution >= 0.6 is 0 Å². The Morgan fingerprint density at radius 3 is 2.44 bits per heavy atom. The molecule has 0 fully saturated rings. The largest absolute Gasteiger partial charge is 0.493 e. The van der Waals surface area contributed by atoms with Gasteiger partial charge in [0.1, 0.15) is 16.6 Å². The van der Waals surface area contributed by atoms with E-state index in [1.54, 1.807) is 44.8 Å². The first-order valence-corrected chi connectivity index (χ1v) is 10.8. The zero-order valence-electron chi connectivity index (χ0n) is 19.9. The molecule has 0 aliphatic heterocycles. The van der Waals surface area contributed by atoms with Gasteiger partial charge in [0.25, 0.3) is 0 Å². The zero-order valence-corrected chi connectivity index (χ0v) is 19.9. The average molecular weight is 500 g/mol. The van der Waals surface area contributed by atoms with Crippen LogP contribution in [0.1, 0.15) is 25.1 Å². The maximum atomic E-state index is 13.2. The SMILES string of the molecule is COc1ccc2cc(-c3ccc(CC(=O)Nc4cc(C(C)(C)C(F)(F)F)no4)cn3)cnc2c1OC. The van der Waals surface area contributed by atoms with Crippen molar-refractivity contribution in [2.75, 3.05) is 19.5 Å². The normalized spacial score (nSPS) is 12.0. The average Bonchev–Trinajstić information content (AvgIpc) is 3.31. The number of nitrogens with zero attached hydrogens (tertiary/aromatic N) is 3. The van der Waals surface area contributed by atoms with Gasteiger partial charge in [-0.1, -0.05) is 11.2 Å². The van der Waals surface area contributed by atoms with Crippen LogP contribution in [0.15, 0.2) is 53.3 Å². The lowest BCUT2D eigenvalue weighted by molar-refractivity contribution is -0.181. The number of ether oxygens (including phenoxy) is 2. The van der Waals surface area contributed by atoms with Gasteiger partial charge < -0.3 is 14.0 Å². The number of fused-ring (bicyclic) bond motifs is 1. The molecule has 0 radical (unpaired) electrons. The van der Waals surface area contributed by atoms with Gasteiger partial charge >= 0.3 is 6.18 Å². The van der Waals surface area contributed by atoms with Crippen LogP contribution in [-0.2, 0) is 16.6 Å². The Morgan fingerprint density at radius 2 is 1.81 bits per heavy atom. The summed E-state index contributed by atoms with van der Waals surface area (Å²) in [6, 6.07) is 10.1. The molecular formula is C25H23F3N4O4. The molecule has 188 valence electrons. The molecule has 0 spiro atoms. The lowest BCUT2D eigenvalue weighted by atomic mass is 9.89. The molecule has 0 bridgehead atoms. The van der Waals surface area contributed by atoms with Gasteiger partial charge in [0.05, 0.1) is 26.3 Å². The smallest absolute Gasteiger partial charge is 0.399 e. The minimum absolute atomic E-state index is 0.0566. The Morgan fingerprint density at radius 1 is 1.03 bits per heavy atom. The molecule has 0 unspecified atom stereocenters. The first-order chi connectivity index (χ1) is 17.0. The fraction of sp³-hybridized carbons (Fsp3) is 0.280. The molecule has 0 saturated heterocycles. The number of alkyl halides is 3. The highest BCUT2D eigenvalue weighted by atomic mass is 19.4. The highest BCUT2D eigenvalue weighted by molar-refractivity contribution is 5.91. The maximum absolute atomic E-state index is 13.2. The van der Waals surface area contributed by atoms with Crippen molar-refractivity contribution in [3.8, 4) is 22.8 Å². The molecule has 4 rings (SSSR count). The van der Waals surface area contributed by atoms with Gasteiger partial charge in [0.15, 0.2) is 11.5 Å². The van der Waals surface area contributed by atoms with E-state index in [0.717, 1.165) is 30.9 Å². The number of rotatable bonds is 7. The molecule has 1 amide bonds. The van der Waals surface area contributed by atoms with E-state index < -0.39 is 17.5 Å². The number of aromatic nitrogens is 3. The van der Waals surface area contributed by atoms with Gasteiger partial charge in [-0.3, -0.25) is 20.1 Å². The molecule has 4 aromatic rings. The number of hydrogen-bond acceptors (Lipinski definition) is 7. The Bertz CT molecular complexity index is 1400. The molecule has 0 aliphatic rings. The molecule has 1 N–H and O–H groups in total. The first-order valence-electron chi connectivity index (χ1n) is 10.8. The second-order valence-electron chi connectivity index (χ2n) is 8.57. The minimum Gasteiger partial charge on any atom is -0.493 e. The molecule has 0 aliphatic carbocycles. The number of amides is 1. The van der Waals surface area contributed by atoms with Crippen molar-refractivity contribution in [3.63, 3.8) is 0 Å². The van der Waals surface area contributed by atoms with Crippen LogP contribution in [0.4, 0.5) is 19.1 Å². The van der Waals surface area contributed by atoms with Gasteiger partial charge in [0.2, 0.25) is 11.8 Å². The van der Waals surface area contributed by atoms with Crippen molar-refractivity contribution in [1.29, 1.82) is 0 Å². The third kappa shape index (κ3) is 4.81. The molecule has 3 aromatic heterocycles. The van der Waals surface area contributed by atoms with Crippen LogP contribution in [0, 0.1) is 0 Å². The lowest BCUT2D eigenvalue weighted by Gasteiger charge is -2.24. The van der Waals surface area contributed by atoms with Crippen LogP contribution in [-0.4, -0.2) is 41.4 Å². The number of benzene rings is 1. The predicted octanol–water partition coefficient (Wildman–Crippen LogP) is 5.32. The van der Waals surface area contributed by atoms with Gasteiger partial charge in [0, 0.05) is 29.4 Å². The first kappa shape index (κ1) is 25.0. The lowest BCUT2D eigenvalue weighted by Crippen LogP contribution is -2.36. The van der Waals surface area contributed by atoms with E-state index in [4.69, 9.17) is 14.0 Å². The fourth-order valence-corrected chi connectivity index (χ4v) is 3.50. The number of carbonyl (C=O) groups excluding carboxylic acids is 1. The van der Waals surface area contributed by atoms with Crippen molar-refractivity contribution in [3.05, 3.63) is 60.0 Å². The maximum Gasteiger partial charge on any atom is 0.399 e. The minimum atomic E-state index is -4.52. The highest BCUT2D eigenvalue weighted by Crippen LogP contribution is 2.40. The van der Waals surface area contributed by atoms with E-state index >= 15 is 0 Å². The third-order valence-electron chi connectivity index (χ3n) is 5.80. The number of nitrogens with one attached hydrogen (secondary N) is 1. The van der Waals surface area contributed by atoms with E-state index in [0.29, 0.717) is 28.3 Å². The van der Waals surface area contributed by atoms with Crippen molar-refractivity contribution >= 4 is 22.7 Å². The summed E-state index contributed by atoms with van der Waals surface area (Å²) in [4.78, 5) is 21.3. The third-order valence-corrected chi connectivity index (χ3v) is 5.80. The quantitative estimate of drug-likeness (QED) is 0.367. The number of hydrogen-bond donors (Lipinski definition) is 1. The Hall–Kier alpha value is -4.15. The van der Waals surface area contributed by atoms with Crippen LogP contribution < -0.4 is 14.8 Å². The Labute approximate surface area is 204 Å². The summed E-state index contributed by atoms with van der Waals surface area (Å²) in [5, 5.41) is 6.73. The van der Waals surface area contributed by atoms with Crippen LogP contribution in [0.2, 0.25) is 0 Å². The van der Waals surface area contributed by atoms with Crippen LogP contribution in [0.25, 0.3) is 22.2 Å². The van der Waals surface area contributed by atoms with Gasteiger partial charge in [-0.2, -0.15) is 13.2 Å². The molecule has 3 heterocycles. The van der Waals surface area contributed by atoms with Crippen molar-refractivity contribution in [1.82, 2.24) is 15.1 Å². The second kappa shape index (κ2) is 9.48. The van der Waals surface area contributed by atoms with E-state index in [2.05, 4.69) is 20.4 Å². The Balaban J connectivity index is 1.45. The molecule has 0 atom stereocenters. The van der Waals surface area contributed by atoms with Crippen molar-refractivity contribution in [2.45, 2.75) is 31.9 Å². The topological polar surface area (TPSA) is 99.4 Å². The molecule has 11 heteroatoms.